The molecular formula is C10H13BrN2O. The molecule has 14 heavy (non-hydrogen) atoms. The van der Waals surface area contributed by atoms with Crippen molar-refractivity contribution in [2.24, 2.45) is 5.92 Å². The first-order valence-corrected chi connectivity index (χ1v) is 5.50. The van der Waals surface area contributed by atoms with Crippen LogP contribution in [0.2, 0.25) is 0 Å². The topological polar surface area (TPSA) is 36.4 Å². The molecule has 4 heteroatoms. The molecule has 1 fully saturated rings. The van der Waals surface area contributed by atoms with Crippen molar-refractivity contribution in [2.45, 2.75) is 6.54 Å². The molecule has 0 bridgehead atoms. The van der Waals surface area contributed by atoms with E-state index in [2.05, 4.69) is 31.9 Å². The smallest absolute Gasteiger partial charge is 0.0483 e. The Bertz CT molecular complexity index is 313. The molecule has 1 saturated heterocycles. The summed E-state index contributed by atoms with van der Waals surface area (Å²) in [5, 5.41) is 8.87. The molecule has 0 spiro atoms. The second-order valence-electron chi connectivity index (χ2n) is 3.75. The Morgan fingerprint density at radius 1 is 1.50 bits per heavy atom. The Hall–Kier alpha value is -0.450. The van der Waals surface area contributed by atoms with Gasteiger partial charge in [0.15, 0.2) is 0 Å². The van der Waals surface area contributed by atoms with Crippen molar-refractivity contribution in [3.8, 4) is 0 Å². The molecule has 0 amide bonds. The standard InChI is InChI=1S/C10H13BrN2O/c11-10-1-8(2-12-3-10)4-13-5-9(6-13)7-14/h1-3,9,14H,4-7H2. The van der Waals surface area contributed by atoms with E-state index in [1.54, 1.807) is 6.20 Å². The van der Waals surface area contributed by atoms with E-state index in [-0.39, 0.29) is 0 Å². The largest absolute Gasteiger partial charge is 0.396 e. The number of nitrogens with zero attached hydrogens (tertiary/aromatic N) is 2. The van der Waals surface area contributed by atoms with Gasteiger partial charge < -0.3 is 5.11 Å². The van der Waals surface area contributed by atoms with Crippen LogP contribution in [-0.2, 0) is 6.54 Å². The normalized spacial score (nSPS) is 18.1. The molecule has 1 aromatic heterocycles. The van der Waals surface area contributed by atoms with Crippen molar-refractivity contribution in [2.75, 3.05) is 19.7 Å². The fourth-order valence-corrected chi connectivity index (χ4v) is 2.13. The Morgan fingerprint density at radius 3 is 2.93 bits per heavy atom. The molecule has 0 radical (unpaired) electrons. The number of likely N-dealkylation sites (tertiary alicyclic amines) is 1. The van der Waals surface area contributed by atoms with Crippen LogP contribution in [-0.4, -0.2) is 34.7 Å². The molecule has 0 aromatic carbocycles. The predicted molar refractivity (Wildman–Crippen MR) is 57.8 cm³/mol. The maximum Gasteiger partial charge on any atom is 0.0483 e. The minimum Gasteiger partial charge on any atom is -0.396 e. The Labute approximate surface area is 91.9 Å². The van der Waals surface area contributed by atoms with Crippen molar-refractivity contribution < 1.29 is 5.11 Å². The lowest BCUT2D eigenvalue weighted by molar-refractivity contribution is 0.0478. The highest BCUT2D eigenvalue weighted by atomic mass is 79.9. The summed E-state index contributed by atoms with van der Waals surface area (Å²) in [6, 6.07) is 2.08. The number of hydrogen-bond acceptors (Lipinski definition) is 3. The molecule has 3 nitrogen and oxygen atoms in total. The Kier molecular flexibility index (Phi) is 3.15. The number of aliphatic hydroxyl groups is 1. The minimum absolute atomic E-state index is 0.313. The van der Waals surface area contributed by atoms with Crippen LogP contribution in [0.3, 0.4) is 0 Å². The molecule has 0 unspecified atom stereocenters. The summed E-state index contributed by atoms with van der Waals surface area (Å²) in [4.78, 5) is 6.42. The lowest BCUT2D eigenvalue weighted by atomic mass is 10.0. The van der Waals surface area contributed by atoms with E-state index in [1.165, 1.54) is 5.56 Å². The van der Waals surface area contributed by atoms with Crippen molar-refractivity contribution in [1.82, 2.24) is 9.88 Å². The summed E-state index contributed by atoms with van der Waals surface area (Å²) in [6.45, 7) is 3.25. The number of aliphatic hydroxyl groups excluding tert-OH is 1. The average molecular weight is 257 g/mol. The van der Waals surface area contributed by atoms with Crippen LogP contribution >= 0.6 is 15.9 Å². The van der Waals surface area contributed by atoms with Gasteiger partial charge in [0, 0.05) is 49.0 Å². The quantitative estimate of drug-likeness (QED) is 0.885. The molecule has 1 aliphatic rings. The van der Waals surface area contributed by atoms with Crippen LogP contribution in [0.25, 0.3) is 0 Å². The highest BCUT2D eigenvalue weighted by molar-refractivity contribution is 9.10. The number of aromatic nitrogens is 1. The summed E-state index contributed by atoms with van der Waals surface area (Å²) in [7, 11) is 0. The van der Waals surface area contributed by atoms with Gasteiger partial charge in [-0.15, -0.1) is 0 Å². The van der Waals surface area contributed by atoms with Crippen molar-refractivity contribution in [3.63, 3.8) is 0 Å². The lowest BCUT2D eigenvalue weighted by Gasteiger charge is -2.38. The zero-order valence-corrected chi connectivity index (χ0v) is 9.44. The molecule has 0 atom stereocenters. The van der Waals surface area contributed by atoms with Gasteiger partial charge in [0.25, 0.3) is 0 Å². The fraction of sp³-hybridized carbons (Fsp3) is 0.500. The summed E-state index contributed by atoms with van der Waals surface area (Å²) < 4.78 is 1.02. The molecule has 1 aliphatic heterocycles. The van der Waals surface area contributed by atoms with Gasteiger partial charge in [-0.3, -0.25) is 9.88 Å². The van der Waals surface area contributed by atoms with Crippen LogP contribution in [0.5, 0.6) is 0 Å². The predicted octanol–water partition coefficient (Wildman–Crippen LogP) is 1.27. The second kappa shape index (κ2) is 4.38. The molecular weight excluding hydrogens is 244 g/mol. The van der Waals surface area contributed by atoms with Gasteiger partial charge in [0.2, 0.25) is 0 Å². The second-order valence-corrected chi connectivity index (χ2v) is 4.67. The first-order valence-electron chi connectivity index (χ1n) is 4.70. The van der Waals surface area contributed by atoms with Crippen LogP contribution < -0.4 is 0 Å². The van der Waals surface area contributed by atoms with E-state index >= 15 is 0 Å². The van der Waals surface area contributed by atoms with Crippen LogP contribution in [0.4, 0.5) is 0 Å². The highest BCUT2D eigenvalue weighted by Gasteiger charge is 2.25. The molecule has 1 aromatic rings. The van der Waals surface area contributed by atoms with Crippen molar-refractivity contribution in [1.29, 1.82) is 0 Å². The van der Waals surface area contributed by atoms with Crippen LogP contribution in [0, 0.1) is 5.92 Å². The molecule has 1 N–H and O–H groups in total. The first-order chi connectivity index (χ1) is 6.78. The number of halogens is 1. The van der Waals surface area contributed by atoms with Crippen molar-refractivity contribution >= 4 is 15.9 Å². The van der Waals surface area contributed by atoms with Gasteiger partial charge in [-0.25, -0.2) is 0 Å². The number of rotatable bonds is 3. The van der Waals surface area contributed by atoms with Crippen LogP contribution in [0.1, 0.15) is 5.56 Å². The Balaban J connectivity index is 1.87. The van der Waals surface area contributed by atoms with Gasteiger partial charge in [-0.2, -0.15) is 0 Å². The van der Waals surface area contributed by atoms with E-state index < -0.39 is 0 Å². The summed E-state index contributed by atoms with van der Waals surface area (Å²) in [5.74, 6) is 0.482. The summed E-state index contributed by atoms with van der Waals surface area (Å²) >= 11 is 3.40. The van der Waals surface area contributed by atoms with Gasteiger partial charge >= 0.3 is 0 Å². The minimum atomic E-state index is 0.313. The van der Waals surface area contributed by atoms with Gasteiger partial charge in [0.05, 0.1) is 0 Å². The first kappa shape index (κ1) is 10.1. The third-order valence-electron chi connectivity index (χ3n) is 2.46. The third kappa shape index (κ3) is 2.32. The monoisotopic (exact) mass is 256 g/mol. The molecule has 76 valence electrons. The molecule has 2 rings (SSSR count). The fourth-order valence-electron chi connectivity index (χ4n) is 1.72. The van der Waals surface area contributed by atoms with Crippen molar-refractivity contribution in [3.05, 3.63) is 28.5 Å². The van der Waals surface area contributed by atoms with E-state index in [4.69, 9.17) is 5.11 Å². The van der Waals surface area contributed by atoms with E-state index in [9.17, 15) is 0 Å². The third-order valence-corrected chi connectivity index (χ3v) is 2.89. The SMILES string of the molecule is OCC1CN(Cc2cncc(Br)c2)C1. The van der Waals surface area contributed by atoms with Crippen LogP contribution in [0.15, 0.2) is 22.9 Å². The highest BCUT2D eigenvalue weighted by Crippen LogP contribution is 2.18. The van der Waals surface area contributed by atoms with Gasteiger partial charge in [-0.05, 0) is 27.6 Å². The van der Waals surface area contributed by atoms with Gasteiger partial charge in [-0.1, -0.05) is 0 Å². The summed E-state index contributed by atoms with van der Waals surface area (Å²) in [5.41, 5.74) is 1.22. The number of pyridine rings is 1. The maximum atomic E-state index is 8.87. The Morgan fingerprint density at radius 2 is 2.29 bits per heavy atom. The molecule has 0 saturated carbocycles. The molecule has 0 aliphatic carbocycles. The average Bonchev–Trinajstić information content (AvgIpc) is 2.10. The number of hydrogen-bond donors (Lipinski definition) is 1. The molecule has 2 heterocycles. The maximum absolute atomic E-state index is 8.87. The summed E-state index contributed by atoms with van der Waals surface area (Å²) in [6.07, 6.45) is 3.67. The lowest BCUT2D eigenvalue weighted by Crippen LogP contribution is -2.47. The zero-order valence-electron chi connectivity index (χ0n) is 7.86. The van der Waals surface area contributed by atoms with E-state index in [0.29, 0.717) is 12.5 Å². The van der Waals surface area contributed by atoms with E-state index in [0.717, 1.165) is 24.1 Å². The zero-order chi connectivity index (χ0) is 9.97. The van der Waals surface area contributed by atoms with E-state index in [1.807, 2.05) is 6.20 Å². The van der Waals surface area contributed by atoms with Gasteiger partial charge in [0.1, 0.15) is 0 Å².